The highest BCUT2D eigenvalue weighted by Crippen LogP contribution is 2.22. The van der Waals surface area contributed by atoms with Crippen molar-refractivity contribution < 1.29 is 17.9 Å². The van der Waals surface area contributed by atoms with Crippen LogP contribution in [0.3, 0.4) is 0 Å². The van der Waals surface area contributed by atoms with Crippen molar-refractivity contribution >= 4 is 0 Å². The summed E-state index contributed by atoms with van der Waals surface area (Å²) in [6.07, 6.45) is -5.05. The van der Waals surface area contributed by atoms with Crippen molar-refractivity contribution in [2.24, 2.45) is 0 Å². The Morgan fingerprint density at radius 1 is 1.47 bits per heavy atom. The molecule has 0 radical (unpaired) electrons. The number of halogens is 3. The number of nitrogens with one attached hydrogen (secondary N) is 1. The lowest BCUT2D eigenvalue weighted by Crippen LogP contribution is -2.30. The third kappa shape index (κ3) is 7.39. The average molecular weight is 225 g/mol. The van der Waals surface area contributed by atoms with Gasteiger partial charge in [0.15, 0.2) is 6.10 Å². The molecular weight excluding hydrogens is 207 g/mol. The van der Waals surface area contributed by atoms with Crippen molar-refractivity contribution in [2.45, 2.75) is 32.5 Å². The van der Waals surface area contributed by atoms with Crippen LogP contribution in [-0.2, 0) is 4.74 Å². The van der Waals surface area contributed by atoms with Crippen LogP contribution < -0.4 is 5.32 Å². The zero-order valence-corrected chi connectivity index (χ0v) is 9.16. The molecule has 0 aliphatic heterocycles. The Morgan fingerprint density at radius 3 is 2.53 bits per heavy atom. The Kier molecular flexibility index (Phi) is 6.60. The first-order chi connectivity index (χ1) is 6.88. The van der Waals surface area contributed by atoms with Gasteiger partial charge in [-0.05, 0) is 25.5 Å². The van der Waals surface area contributed by atoms with Gasteiger partial charge in [0.1, 0.15) is 0 Å². The van der Waals surface area contributed by atoms with E-state index in [0.717, 1.165) is 19.9 Å². The first-order valence-electron chi connectivity index (χ1n) is 4.93. The fourth-order valence-electron chi connectivity index (χ4n) is 0.830. The molecular formula is C10H18F3NO. The standard InChI is InChI=1S/C10H18F3NO/c1-4-5-14-6-8(2)7-15-9(3)10(11,12)13/h9,14H,2,4-7H2,1,3H3. The summed E-state index contributed by atoms with van der Waals surface area (Å²) < 4.78 is 40.7. The molecule has 1 atom stereocenters. The van der Waals surface area contributed by atoms with E-state index in [0.29, 0.717) is 12.1 Å². The lowest BCUT2D eigenvalue weighted by molar-refractivity contribution is -0.211. The highest BCUT2D eigenvalue weighted by atomic mass is 19.4. The summed E-state index contributed by atoms with van der Waals surface area (Å²) in [6, 6.07) is 0. The van der Waals surface area contributed by atoms with Gasteiger partial charge >= 0.3 is 6.18 Å². The molecule has 0 spiro atoms. The summed E-state index contributed by atoms with van der Waals surface area (Å²) >= 11 is 0. The van der Waals surface area contributed by atoms with E-state index in [1.54, 1.807) is 0 Å². The minimum absolute atomic E-state index is 0.0581. The third-order valence-electron chi connectivity index (χ3n) is 1.80. The lowest BCUT2D eigenvalue weighted by Gasteiger charge is -2.17. The largest absolute Gasteiger partial charge is 0.414 e. The highest BCUT2D eigenvalue weighted by molar-refractivity contribution is 4.97. The maximum atomic E-state index is 12.0. The SMILES string of the molecule is C=C(CNCCC)COC(C)C(F)(F)F. The Bertz CT molecular complexity index is 192. The Labute approximate surface area is 88.5 Å². The molecule has 5 heteroatoms. The summed E-state index contributed by atoms with van der Waals surface area (Å²) in [7, 11) is 0. The van der Waals surface area contributed by atoms with Crippen LogP contribution >= 0.6 is 0 Å². The molecule has 0 aliphatic rings. The van der Waals surface area contributed by atoms with Crippen molar-refractivity contribution in [3.05, 3.63) is 12.2 Å². The molecule has 0 amide bonds. The van der Waals surface area contributed by atoms with Gasteiger partial charge < -0.3 is 10.1 Å². The van der Waals surface area contributed by atoms with E-state index >= 15 is 0 Å². The minimum Gasteiger partial charge on any atom is -0.365 e. The second-order valence-electron chi connectivity index (χ2n) is 3.42. The van der Waals surface area contributed by atoms with E-state index < -0.39 is 12.3 Å². The summed E-state index contributed by atoms with van der Waals surface area (Å²) in [6.45, 7) is 7.90. The van der Waals surface area contributed by atoms with Crippen molar-refractivity contribution in [1.82, 2.24) is 5.32 Å². The van der Waals surface area contributed by atoms with Crippen LogP contribution in [0.1, 0.15) is 20.3 Å². The van der Waals surface area contributed by atoms with E-state index in [4.69, 9.17) is 0 Å². The van der Waals surface area contributed by atoms with Crippen molar-refractivity contribution in [3.8, 4) is 0 Å². The molecule has 0 saturated carbocycles. The van der Waals surface area contributed by atoms with Crippen molar-refractivity contribution in [2.75, 3.05) is 19.7 Å². The second kappa shape index (κ2) is 6.85. The van der Waals surface area contributed by atoms with Gasteiger partial charge in [0, 0.05) is 6.54 Å². The highest BCUT2D eigenvalue weighted by Gasteiger charge is 2.36. The molecule has 0 heterocycles. The molecule has 0 aromatic rings. The minimum atomic E-state index is -4.29. The topological polar surface area (TPSA) is 21.3 Å². The number of hydrogen-bond acceptors (Lipinski definition) is 2. The van der Waals surface area contributed by atoms with Crippen molar-refractivity contribution in [3.63, 3.8) is 0 Å². The quantitative estimate of drug-likeness (QED) is 0.531. The number of hydrogen-bond donors (Lipinski definition) is 1. The van der Waals surface area contributed by atoms with Gasteiger partial charge in [-0.1, -0.05) is 13.5 Å². The van der Waals surface area contributed by atoms with Crippen LogP contribution in [0.2, 0.25) is 0 Å². The summed E-state index contributed by atoms with van der Waals surface area (Å²) in [5.41, 5.74) is 0.625. The molecule has 0 rings (SSSR count). The molecule has 0 aromatic heterocycles. The van der Waals surface area contributed by atoms with Gasteiger partial charge in [0.05, 0.1) is 6.61 Å². The Morgan fingerprint density at radius 2 is 2.07 bits per heavy atom. The molecule has 0 aliphatic carbocycles. The van der Waals surface area contributed by atoms with E-state index in [-0.39, 0.29) is 6.61 Å². The van der Waals surface area contributed by atoms with Gasteiger partial charge in [-0.3, -0.25) is 0 Å². The predicted octanol–water partition coefficient (Wildman–Crippen LogP) is 2.51. The third-order valence-corrected chi connectivity index (χ3v) is 1.80. The number of ether oxygens (including phenoxy) is 1. The fourth-order valence-corrected chi connectivity index (χ4v) is 0.830. The van der Waals surface area contributed by atoms with Crippen molar-refractivity contribution in [1.29, 1.82) is 0 Å². The Balaban J connectivity index is 3.62. The summed E-state index contributed by atoms with van der Waals surface area (Å²) in [4.78, 5) is 0. The predicted molar refractivity (Wildman–Crippen MR) is 53.8 cm³/mol. The molecule has 1 unspecified atom stereocenters. The maximum Gasteiger partial charge on any atom is 0.414 e. The van der Waals surface area contributed by atoms with Crippen LogP contribution in [0.4, 0.5) is 13.2 Å². The monoisotopic (exact) mass is 225 g/mol. The van der Waals surface area contributed by atoms with E-state index in [1.807, 2.05) is 6.92 Å². The zero-order chi connectivity index (χ0) is 11.9. The molecule has 0 bridgehead atoms. The Hall–Kier alpha value is -0.550. The molecule has 0 fully saturated rings. The van der Waals surface area contributed by atoms with Gasteiger partial charge in [-0.25, -0.2) is 0 Å². The van der Waals surface area contributed by atoms with Gasteiger partial charge in [0.25, 0.3) is 0 Å². The maximum absolute atomic E-state index is 12.0. The molecule has 0 aromatic carbocycles. The summed E-state index contributed by atoms with van der Waals surface area (Å²) in [5.74, 6) is 0. The fraction of sp³-hybridized carbons (Fsp3) is 0.800. The van der Waals surface area contributed by atoms with Gasteiger partial charge in [-0.15, -0.1) is 0 Å². The van der Waals surface area contributed by atoms with E-state index in [9.17, 15) is 13.2 Å². The average Bonchev–Trinajstić information content (AvgIpc) is 2.13. The first kappa shape index (κ1) is 14.5. The van der Waals surface area contributed by atoms with Gasteiger partial charge in [-0.2, -0.15) is 13.2 Å². The van der Waals surface area contributed by atoms with Crippen LogP contribution in [0.5, 0.6) is 0 Å². The molecule has 15 heavy (non-hydrogen) atoms. The number of rotatable bonds is 7. The van der Waals surface area contributed by atoms with E-state index in [2.05, 4.69) is 16.6 Å². The first-order valence-corrected chi connectivity index (χ1v) is 4.93. The van der Waals surface area contributed by atoms with Crippen LogP contribution in [0.25, 0.3) is 0 Å². The molecule has 1 N–H and O–H groups in total. The molecule has 90 valence electrons. The summed E-state index contributed by atoms with van der Waals surface area (Å²) in [5, 5.41) is 3.04. The normalized spacial score (nSPS) is 13.9. The molecule has 0 saturated heterocycles. The van der Waals surface area contributed by atoms with Crippen LogP contribution in [0.15, 0.2) is 12.2 Å². The second-order valence-corrected chi connectivity index (χ2v) is 3.42. The van der Waals surface area contributed by atoms with Crippen LogP contribution in [-0.4, -0.2) is 32.0 Å². The zero-order valence-electron chi connectivity index (χ0n) is 9.16. The molecule has 2 nitrogen and oxygen atoms in total. The smallest absolute Gasteiger partial charge is 0.365 e. The van der Waals surface area contributed by atoms with E-state index in [1.165, 1.54) is 0 Å². The van der Waals surface area contributed by atoms with Crippen LogP contribution in [0, 0.1) is 0 Å². The lowest BCUT2D eigenvalue weighted by atomic mass is 10.3. The number of alkyl halides is 3. The van der Waals surface area contributed by atoms with Gasteiger partial charge in [0.2, 0.25) is 0 Å².